The molecule has 1 aromatic carbocycles. The molecule has 0 amide bonds. The average molecular weight is 199 g/mol. The van der Waals surface area contributed by atoms with Crippen LogP contribution in [0.4, 0.5) is 0 Å². The standard InChI is InChI=1S/C12H9NO2/c1-2-7-13-8-6-9-10(12(14)15)4-3-5-11(9)13/h1,3-6,8H,7H2,(H,14,15). The molecule has 1 heterocycles. The van der Waals surface area contributed by atoms with Gasteiger partial charge in [-0.05, 0) is 18.2 Å². The Labute approximate surface area is 86.9 Å². The highest BCUT2D eigenvalue weighted by molar-refractivity contribution is 6.02. The van der Waals surface area contributed by atoms with Gasteiger partial charge in [0.1, 0.15) is 0 Å². The first-order chi connectivity index (χ1) is 7.24. The van der Waals surface area contributed by atoms with Crippen LogP contribution in [0, 0.1) is 12.3 Å². The van der Waals surface area contributed by atoms with Crippen molar-refractivity contribution in [1.29, 1.82) is 0 Å². The van der Waals surface area contributed by atoms with E-state index in [0.717, 1.165) is 10.9 Å². The first-order valence-electron chi connectivity index (χ1n) is 4.48. The number of fused-ring (bicyclic) bond motifs is 1. The van der Waals surface area contributed by atoms with Gasteiger partial charge in [0.2, 0.25) is 0 Å². The second-order valence-corrected chi connectivity index (χ2v) is 3.19. The number of benzene rings is 1. The molecule has 0 aliphatic carbocycles. The number of nitrogens with zero attached hydrogens (tertiary/aromatic N) is 1. The van der Waals surface area contributed by atoms with Gasteiger partial charge in [-0.15, -0.1) is 6.42 Å². The normalized spacial score (nSPS) is 10.1. The number of rotatable bonds is 2. The molecule has 1 N–H and O–H groups in total. The van der Waals surface area contributed by atoms with Crippen LogP contribution in [0.5, 0.6) is 0 Å². The fraction of sp³-hybridized carbons (Fsp3) is 0.0833. The van der Waals surface area contributed by atoms with Crippen molar-refractivity contribution in [3.8, 4) is 12.3 Å². The van der Waals surface area contributed by atoms with E-state index in [1.807, 2.05) is 10.6 Å². The van der Waals surface area contributed by atoms with Gasteiger partial charge < -0.3 is 9.67 Å². The van der Waals surface area contributed by atoms with E-state index in [0.29, 0.717) is 12.1 Å². The average Bonchev–Trinajstić information content (AvgIpc) is 2.62. The molecule has 2 aromatic rings. The summed E-state index contributed by atoms with van der Waals surface area (Å²) < 4.78 is 1.85. The third kappa shape index (κ3) is 1.46. The predicted octanol–water partition coefficient (Wildman–Crippen LogP) is 1.97. The quantitative estimate of drug-likeness (QED) is 0.751. The fourth-order valence-electron chi connectivity index (χ4n) is 1.65. The van der Waals surface area contributed by atoms with Crippen molar-refractivity contribution in [3.63, 3.8) is 0 Å². The van der Waals surface area contributed by atoms with Crippen molar-refractivity contribution >= 4 is 16.9 Å². The summed E-state index contributed by atoms with van der Waals surface area (Å²) in [5.41, 5.74) is 1.16. The Morgan fingerprint density at radius 2 is 2.27 bits per heavy atom. The summed E-state index contributed by atoms with van der Waals surface area (Å²) in [7, 11) is 0. The van der Waals surface area contributed by atoms with E-state index in [2.05, 4.69) is 5.92 Å². The number of hydrogen-bond acceptors (Lipinski definition) is 1. The number of aromatic carboxylic acids is 1. The zero-order valence-electron chi connectivity index (χ0n) is 7.97. The van der Waals surface area contributed by atoms with Crippen molar-refractivity contribution in [2.75, 3.05) is 0 Å². The maximum absolute atomic E-state index is 10.9. The van der Waals surface area contributed by atoms with Crippen molar-refractivity contribution in [3.05, 3.63) is 36.0 Å². The molecule has 74 valence electrons. The highest BCUT2D eigenvalue weighted by Crippen LogP contribution is 2.20. The molecule has 0 fully saturated rings. The number of aromatic nitrogens is 1. The molecule has 0 bridgehead atoms. The van der Waals surface area contributed by atoms with E-state index in [1.165, 1.54) is 0 Å². The highest BCUT2D eigenvalue weighted by Gasteiger charge is 2.09. The molecule has 0 radical (unpaired) electrons. The maximum Gasteiger partial charge on any atom is 0.336 e. The van der Waals surface area contributed by atoms with Gasteiger partial charge in [-0.3, -0.25) is 0 Å². The van der Waals surface area contributed by atoms with Crippen LogP contribution >= 0.6 is 0 Å². The minimum Gasteiger partial charge on any atom is -0.478 e. The Bertz CT molecular complexity index is 560. The molecule has 0 unspecified atom stereocenters. The third-order valence-corrected chi connectivity index (χ3v) is 2.31. The molecule has 0 spiro atoms. The summed E-state index contributed by atoms with van der Waals surface area (Å²) in [5, 5.41) is 9.69. The lowest BCUT2D eigenvalue weighted by Gasteiger charge is -2.01. The summed E-state index contributed by atoms with van der Waals surface area (Å²) in [6.45, 7) is 0.451. The lowest BCUT2D eigenvalue weighted by molar-refractivity contribution is 0.0699. The van der Waals surface area contributed by atoms with Gasteiger partial charge in [0.05, 0.1) is 12.1 Å². The van der Waals surface area contributed by atoms with Crippen LogP contribution in [0.2, 0.25) is 0 Å². The van der Waals surface area contributed by atoms with Crippen LogP contribution in [0.25, 0.3) is 10.9 Å². The van der Waals surface area contributed by atoms with E-state index in [9.17, 15) is 4.79 Å². The van der Waals surface area contributed by atoms with Crippen LogP contribution in [0.15, 0.2) is 30.5 Å². The van der Waals surface area contributed by atoms with Gasteiger partial charge >= 0.3 is 5.97 Å². The molecule has 0 saturated heterocycles. The zero-order valence-corrected chi connectivity index (χ0v) is 7.97. The molecule has 15 heavy (non-hydrogen) atoms. The summed E-state index contributed by atoms with van der Waals surface area (Å²) >= 11 is 0. The second kappa shape index (κ2) is 3.50. The minimum absolute atomic E-state index is 0.309. The van der Waals surface area contributed by atoms with E-state index in [4.69, 9.17) is 11.5 Å². The van der Waals surface area contributed by atoms with E-state index in [-0.39, 0.29) is 0 Å². The number of carboxylic acid groups (broad SMARTS) is 1. The van der Waals surface area contributed by atoms with Gasteiger partial charge in [-0.25, -0.2) is 4.79 Å². The van der Waals surface area contributed by atoms with Crippen molar-refractivity contribution in [2.24, 2.45) is 0 Å². The fourth-order valence-corrected chi connectivity index (χ4v) is 1.65. The summed E-state index contributed by atoms with van der Waals surface area (Å²) in [5.74, 6) is 1.61. The Kier molecular flexibility index (Phi) is 2.18. The van der Waals surface area contributed by atoms with Crippen LogP contribution in [0.3, 0.4) is 0 Å². The monoisotopic (exact) mass is 199 g/mol. The van der Waals surface area contributed by atoms with E-state index in [1.54, 1.807) is 24.4 Å². The molecule has 0 aliphatic heterocycles. The van der Waals surface area contributed by atoms with Crippen molar-refractivity contribution in [2.45, 2.75) is 6.54 Å². The summed E-state index contributed by atoms with van der Waals surface area (Å²) in [6.07, 6.45) is 7.02. The van der Waals surface area contributed by atoms with E-state index >= 15 is 0 Å². The molecule has 1 aromatic heterocycles. The highest BCUT2D eigenvalue weighted by atomic mass is 16.4. The van der Waals surface area contributed by atoms with Gasteiger partial charge in [0, 0.05) is 17.1 Å². The van der Waals surface area contributed by atoms with E-state index < -0.39 is 5.97 Å². The van der Waals surface area contributed by atoms with Crippen LogP contribution in [-0.2, 0) is 6.54 Å². The predicted molar refractivity (Wildman–Crippen MR) is 57.7 cm³/mol. The Morgan fingerprint density at radius 1 is 1.47 bits per heavy atom. The Morgan fingerprint density at radius 3 is 2.93 bits per heavy atom. The van der Waals surface area contributed by atoms with Crippen LogP contribution in [0.1, 0.15) is 10.4 Å². The topological polar surface area (TPSA) is 42.2 Å². The van der Waals surface area contributed by atoms with Crippen LogP contribution < -0.4 is 0 Å². The van der Waals surface area contributed by atoms with Crippen molar-refractivity contribution < 1.29 is 9.90 Å². The number of carbonyl (C=O) groups is 1. The SMILES string of the molecule is C#CCn1ccc2c(C(=O)O)cccc21. The lowest BCUT2D eigenvalue weighted by atomic mass is 10.1. The zero-order chi connectivity index (χ0) is 10.8. The molecule has 3 nitrogen and oxygen atoms in total. The molecule has 2 rings (SSSR count). The third-order valence-electron chi connectivity index (χ3n) is 2.31. The molecular weight excluding hydrogens is 190 g/mol. The lowest BCUT2D eigenvalue weighted by Crippen LogP contribution is -1.97. The Balaban J connectivity index is 2.70. The Hall–Kier alpha value is -2.21. The summed E-state index contributed by atoms with van der Waals surface area (Å²) in [6, 6.07) is 6.94. The molecular formula is C12H9NO2. The van der Waals surface area contributed by atoms with Gasteiger partial charge in [-0.2, -0.15) is 0 Å². The molecule has 3 heteroatoms. The molecule has 0 aliphatic rings. The van der Waals surface area contributed by atoms with Crippen LogP contribution in [-0.4, -0.2) is 15.6 Å². The molecule has 0 saturated carbocycles. The number of carboxylic acids is 1. The number of terminal acetylenes is 1. The van der Waals surface area contributed by atoms with Gasteiger partial charge in [0.15, 0.2) is 0 Å². The van der Waals surface area contributed by atoms with Crippen molar-refractivity contribution in [1.82, 2.24) is 4.57 Å². The summed E-state index contributed by atoms with van der Waals surface area (Å²) in [4.78, 5) is 10.9. The first-order valence-corrected chi connectivity index (χ1v) is 4.48. The second-order valence-electron chi connectivity index (χ2n) is 3.19. The maximum atomic E-state index is 10.9. The smallest absolute Gasteiger partial charge is 0.336 e. The minimum atomic E-state index is -0.918. The van der Waals surface area contributed by atoms with Gasteiger partial charge in [-0.1, -0.05) is 12.0 Å². The number of hydrogen-bond donors (Lipinski definition) is 1. The molecule has 0 atom stereocenters. The first kappa shape index (κ1) is 9.35. The largest absolute Gasteiger partial charge is 0.478 e. The van der Waals surface area contributed by atoms with Gasteiger partial charge in [0.25, 0.3) is 0 Å².